The predicted molar refractivity (Wildman–Crippen MR) is 114 cm³/mol. The lowest BCUT2D eigenvalue weighted by atomic mass is 10.0. The van der Waals surface area contributed by atoms with Crippen molar-refractivity contribution >= 4 is 37.3 Å². The Morgan fingerprint density at radius 2 is 2.17 bits per heavy atom. The van der Waals surface area contributed by atoms with Crippen LogP contribution in [0.2, 0.25) is 0 Å². The number of amides is 1. The first-order valence-corrected chi connectivity index (χ1v) is 12.0. The van der Waals surface area contributed by atoms with Crippen molar-refractivity contribution in [1.29, 1.82) is 0 Å². The lowest BCUT2D eigenvalue weighted by Crippen LogP contribution is -2.49. The predicted octanol–water partition coefficient (Wildman–Crippen LogP) is 1.52. The molecule has 0 radical (unpaired) electrons. The summed E-state index contributed by atoms with van der Waals surface area (Å²) in [5.74, 6) is 11.3. The third-order valence-corrected chi connectivity index (χ3v) is 8.44. The SMILES string of the molecule is C[C@@](CCc1nc2ccc(C#CC#C[C@H]3C[C@@H]3CO)cc2s1)(C(=O)NO)S(C)(=O)=O. The molecule has 2 aromatic rings. The van der Waals surface area contributed by atoms with Gasteiger partial charge in [-0.2, -0.15) is 0 Å². The van der Waals surface area contributed by atoms with E-state index in [1.165, 1.54) is 23.7 Å². The standard InChI is InChI=1S/C21H22N2O5S2/c1-21(20(25)23-26,30(2,27)28)10-9-19-22-17-8-7-14(11-18(17)29-19)5-3-4-6-15-12-16(15)13-24/h7-8,11,15-16,24,26H,9-10,12-13H2,1-2H3,(H,23,25)/t15-,16+,21+/m0/s1. The number of benzene rings is 1. The summed E-state index contributed by atoms with van der Waals surface area (Å²) >= 11 is 1.41. The summed E-state index contributed by atoms with van der Waals surface area (Å²) in [5, 5.41) is 18.6. The Balaban J connectivity index is 1.72. The maximum Gasteiger partial charge on any atom is 0.264 e. The molecule has 9 heteroatoms. The van der Waals surface area contributed by atoms with Gasteiger partial charge in [0.1, 0.15) is 4.75 Å². The number of hydrogen-bond acceptors (Lipinski definition) is 7. The number of hydrogen-bond donors (Lipinski definition) is 3. The molecule has 1 aromatic heterocycles. The van der Waals surface area contributed by atoms with Gasteiger partial charge in [-0.1, -0.05) is 11.8 Å². The van der Waals surface area contributed by atoms with Gasteiger partial charge in [-0.25, -0.2) is 18.9 Å². The summed E-state index contributed by atoms with van der Waals surface area (Å²) in [6, 6.07) is 5.58. The molecule has 30 heavy (non-hydrogen) atoms. The number of hydroxylamine groups is 1. The van der Waals surface area contributed by atoms with E-state index in [4.69, 9.17) is 10.3 Å². The van der Waals surface area contributed by atoms with Gasteiger partial charge in [0.25, 0.3) is 5.91 Å². The van der Waals surface area contributed by atoms with E-state index in [-0.39, 0.29) is 25.4 Å². The highest BCUT2D eigenvalue weighted by Crippen LogP contribution is 2.36. The van der Waals surface area contributed by atoms with Crippen LogP contribution in [-0.4, -0.2) is 47.2 Å². The van der Waals surface area contributed by atoms with Gasteiger partial charge in [0.05, 0.1) is 15.2 Å². The summed E-state index contributed by atoms with van der Waals surface area (Å²) in [5.41, 5.74) is 3.01. The van der Waals surface area contributed by atoms with Crippen LogP contribution in [0, 0.1) is 35.5 Å². The first-order valence-electron chi connectivity index (χ1n) is 9.34. The lowest BCUT2D eigenvalue weighted by molar-refractivity contribution is -0.131. The molecule has 0 spiro atoms. The van der Waals surface area contributed by atoms with Crippen LogP contribution in [0.3, 0.4) is 0 Å². The van der Waals surface area contributed by atoms with Gasteiger partial charge >= 0.3 is 0 Å². The van der Waals surface area contributed by atoms with Crippen molar-refractivity contribution in [2.24, 2.45) is 11.8 Å². The normalized spacial score (nSPS) is 19.7. The van der Waals surface area contributed by atoms with Gasteiger partial charge in [0, 0.05) is 30.8 Å². The number of nitrogens with zero attached hydrogens (tertiary/aromatic N) is 1. The van der Waals surface area contributed by atoms with Crippen LogP contribution in [0.4, 0.5) is 0 Å². The van der Waals surface area contributed by atoms with Gasteiger partial charge in [-0.05, 0) is 55.7 Å². The number of carbonyl (C=O) groups is 1. The number of sulfone groups is 1. The zero-order valence-electron chi connectivity index (χ0n) is 16.6. The first-order chi connectivity index (χ1) is 14.2. The quantitative estimate of drug-likeness (QED) is 0.352. The summed E-state index contributed by atoms with van der Waals surface area (Å²) in [6.07, 6.45) is 2.17. The molecule has 7 nitrogen and oxygen atoms in total. The number of aromatic nitrogens is 1. The minimum atomic E-state index is -3.74. The van der Waals surface area contributed by atoms with Crippen molar-refractivity contribution in [3.05, 3.63) is 28.8 Å². The van der Waals surface area contributed by atoms with E-state index in [9.17, 15) is 13.2 Å². The minimum Gasteiger partial charge on any atom is -0.396 e. The Morgan fingerprint density at radius 3 is 2.80 bits per heavy atom. The molecule has 1 saturated carbocycles. The van der Waals surface area contributed by atoms with Gasteiger partial charge < -0.3 is 5.11 Å². The Labute approximate surface area is 179 Å². The molecule has 0 saturated heterocycles. The zero-order valence-corrected chi connectivity index (χ0v) is 18.2. The molecule has 1 aromatic carbocycles. The maximum absolute atomic E-state index is 12.1. The monoisotopic (exact) mass is 446 g/mol. The van der Waals surface area contributed by atoms with Crippen molar-refractivity contribution in [3.63, 3.8) is 0 Å². The average molecular weight is 447 g/mol. The van der Waals surface area contributed by atoms with Crippen molar-refractivity contribution in [2.75, 3.05) is 12.9 Å². The molecule has 3 N–H and O–H groups in total. The van der Waals surface area contributed by atoms with Crippen molar-refractivity contribution in [3.8, 4) is 23.7 Å². The Morgan fingerprint density at radius 1 is 1.40 bits per heavy atom. The average Bonchev–Trinajstić information content (AvgIpc) is 3.35. The third kappa shape index (κ3) is 4.82. The summed E-state index contributed by atoms with van der Waals surface area (Å²) in [6.45, 7) is 1.46. The number of nitrogens with one attached hydrogen (secondary N) is 1. The molecule has 0 aliphatic heterocycles. The number of thiazole rings is 1. The molecule has 1 fully saturated rings. The highest BCUT2D eigenvalue weighted by Gasteiger charge is 2.43. The second-order valence-corrected chi connectivity index (χ2v) is 11.1. The van der Waals surface area contributed by atoms with Gasteiger partial charge in [0.2, 0.25) is 0 Å². The van der Waals surface area contributed by atoms with E-state index in [0.29, 0.717) is 10.9 Å². The van der Waals surface area contributed by atoms with Gasteiger partial charge in [-0.15, -0.1) is 11.3 Å². The molecular formula is C21H22N2O5S2. The topological polar surface area (TPSA) is 117 Å². The second-order valence-electron chi connectivity index (χ2n) is 7.54. The van der Waals surface area contributed by atoms with Crippen molar-refractivity contribution < 1.29 is 23.5 Å². The van der Waals surface area contributed by atoms with Gasteiger partial charge in [0.15, 0.2) is 9.84 Å². The van der Waals surface area contributed by atoms with Crippen LogP contribution >= 0.6 is 11.3 Å². The van der Waals surface area contributed by atoms with E-state index in [2.05, 4.69) is 28.7 Å². The number of rotatable bonds is 6. The number of fused-ring (bicyclic) bond motifs is 1. The fraction of sp³-hybridized carbons (Fsp3) is 0.429. The fourth-order valence-corrected chi connectivity index (χ4v) is 4.81. The second kappa shape index (κ2) is 8.75. The molecule has 1 amide bonds. The fourth-order valence-electron chi connectivity index (χ4n) is 2.95. The third-order valence-electron chi connectivity index (χ3n) is 5.33. The Hall–Kier alpha value is -2.43. The van der Waals surface area contributed by atoms with E-state index in [1.54, 1.807) is 0 Å². The highest BCUT2D eigenvalue weighted by atomic mass is 32.2. The van der Waals surface area contributed by atoms with Crippen molar-refractivity contribution in [1.82, 2.24) is 10.5 Å². The Bertz CT molecular complexity index is 1200. The lowest BCUT2D eigenvalue weighted by Gasteiger charge is -2.24. The first kappa shape index (κ1) is 22.3. The van der Waals surface area contributed by atoms with Crippen LogP contribution in [-0.2, 0) is 21.1 Å². The molecule has 1 aliphatic carbocycles. The largest absolute Gasteiger partial charge is 0.396 e. The highest BCUT2D eigenvalue weighted by molar-refractivity contribution is 7.92. The van der Waals surface area contributed by atoms with Crippen LogP contribution in [0.5, 0.6) is 0 Å². The van der Waals surface area contributed by atoms with E-state index in [1.807, 2.05) is 18.2 Å². The molecule has 3 atom stereocenters. The number of aliphatic hydroxyl groups is 1. The number of aryl methyl sites for hydroxylation is 1. The number of aliphatic hydroxyl groups excluding tert-OH is 1. The van der Waals surface area contributed by atoms with Crippen LogP contribution in [0.1, 0.15) is 30.3 Å². The van der Waals surface area contributed by atoms with E-state index in [0.717, 1.165) is 28.5 Å². The minimum absolute atomic E-state index is 0.00367. The summed E-state index contributed by atoms with van der Waals surface area (Å²) in [7, 11) is -3.74. The van der Waals surface area contributed by atoms with Crippen molar-refractivity contribution in [2.45, 2.75) is 30.9 Å². The van der Waals surface area contributed by atoms with Crippen LogP contribution in [0.25, 0.3) is 10.2 Å². The molecule has 1 heterocycles. The maximum atomic E-state index is 12.1. The molecule has 0 bridgehead atoms. The van der Waals surface area contributed by atoms with Crippen LogP contribution in [0.15, 0.2) is 18.2 Å². The zero-order chi connectivity index (χ0) is 21.9. The molecule has 1 aliphatic rings. The molecule has 158 valence electrons. The molecule has 3 rings (SSSR count). The Kier molecular flexibility index (Phi) is 6.49. The summed E-state index contributed by atoms with van der Waals surface area (Å²) < 4.78 is 23.3. The van der Waals surface area contributed by atoms with E-state index >= 15 is 0 Å². The molecule has 0 unspecified atom stereocenters. The smallest absolute Gasteiger partial charge is 0.264 e. The summed E-state index contributed by atoms with van der Waals surface area (Å²) in [4.78, 5) is 16.4. The molecular weight excluding hydrogens is 424 g/mol. The van der Waals surface area contributed by atoms with Crippen LogP contribution < -0.4 is 5.48 Å². The van der Waals surface area contributed by atoms with E-state index < -0.39 is 20.5 Å². The van der Waals surface area contributed by atoms with Gasteiger partial charge in [-0.3, -0.25) is 10.0 Å². The number of carbonyl (C=O) groups excluding carboxylic acids is 1.